The molecule has 17 heavy (non-hydrogen) atoms. The van der Waals surface area contributed by atoms with Crippen LogP contribution < -0.4 is 5.32 Å². The van der Waals surface area contributed by atoms with Crippen molar-refractivity contribution in [1.82, 2.24) is 4.98 Å². The van der Waals surface area contributed by atoms with Crippen LogP contribution in [0.2, 0.25) is 0 Å². The summed E-state index contributed by atoms with van der Waals surface area (Å²) in [5.41, 5.74) is 2.48. The molecule has 1 N–H and O–H groups in total. The van der Waals surface area contributed by atoms with Crippen molar-refractivity contribution >= 4 is 33.0 Å². The molecule has 0 aliphatic rings. The van der Waals surface area contributed by atoms with Crippen molar-refractivity contribution in [3.05, 3.63) is 44.3 Å². The van der Waals surface area contributed by atoms with Crippen molar-refractivity contribution in [3.8, 4) is 6.07 Å². The molecule has 0 saturated carbocycles. The molecule has 3 nitrogen and oxygen atoms in total. The minimum Gasteiger partial charge on any atom is -0.377 e. The summed E-state index contributed by atoms with van der Waals surface area (Å²) in [5.74, 6) is 0. The first-order valence-corrected chi connectivity index (χ1v) is 6.71. The van der Waals surface area contributed by atoms with Gasteiger partial charge in [-0.05, 0) is 35.0 Å². The Bertz CT molecular complexity index is 571. The lowest BCUT2D eigenvalue weighted by molar-refractivity contribution is 1.07. The summed E-state index contributed by atoms with van der Waals surface area (Å²) >= 11 is 4.98. The Morgan fingerprint density at radius 3 is 3.00 bits per heavy atom. The minimum atomic E-state index is 0.626. The zero-order valence-electron chi connectivity index (χ0n) is 9.20. The third kappa shape index (κ3) is 2.84. The van der Waals surface area contributed by atoms with Crippen LogP contribution in [0.4, 0.5) is 5.69 Å². The van der Waals surface area contributed by atoms with Crippen molar-refractivity contribution in [1.29, 1.82) is 5.26 Å². The van der Waals surface area contributed by atoms with Crippen LogP contribution >= 0.6 is 27.3 Å². The molecule has 86 valence electrons. The molecule has 2 rings (SSSR count). The Labute approximate surface area is 112 Å². The van der Waals surface area contributed by atoms with E-state index in [4.69, 9.17) is 5.26 Å². The summed E-state index contributed by atoms with van der Waals surface area (Å²) in [6.07, 6.45) is 0. The van der Waals surface area contributed by atoms with Crippen LogP contribution in [0.15, 0.2) is 28.1 Å². The lowest BCUT2D eigenvalue weighted by Gasteiger charge is -2.07. The SMILES string of the molecule is Cc1csc(CNc2cccc(Br)c2C#N)n1. The molecule has 2 aromatic rings. The molecular weight excluding hydrogens is 298 g/mol. The van der Waals surface area contributed by atoms with Crippen LogP contribution in [0.25, 0.3) is 0 Å². The summed E-state index contributed by atoms with van der Waals surface area (Å²) in [5, 5.41) is 15.3. The van der Waals surface area contributed by atoms with Crippen LogP contribution in [-0.2, 0) is 6.54 Å². The van der Waals surface area contributed by atoms with Gasteiger partial charge in [-0.25, -0.2) is 4.98 Å². The molecular formula is C12H10BrN3S. The van der Waals surface area contributed by atoms with Crippen molar-refractivity contribution in [2.75, 3.05) is 5.32 Å². The zero-order valence-corrected chi connectivity index (χ0v) is 11.6. The standard InChI is InChI=1S/C12H10BrN3S/c1-8-7-17-12(16-8)6-15-11-4-2-3-10(13)9(11)5-14/h2-4,7,15H,6H2,1H3. The smallest absolute Gasteiger partial charge is 0.112 e. The normalized spacial score (nSPS) is 9.94. The van der Waals surface area contributed by atoms with Crippen molar-refractivity contribution in [3.63, 3.8) is 0 Å². The third-order valence-electron chi connectivity index (χ3n) is 2.22. The molecule has 5 heteroatoms. The van der Waals surface area contributed by atoms with E-state index in [2.05, 4.69) is 32.3 Å². The third-order valence-corrected chi connectivity index (χ3v) is 3.85. The molecule has 0 aliphatic carbocycles. The van der Waals surface area contributed by atoms with Crippen LogP contribution in [0, 0.1) is 18.3 Å². The average molecular weight is 308 g/mol. The van der Waals surface area contributed by atoms with E-state index >= 15 is 0 Å². The predicted octanol–water partition coefficient (Wildman–Crippen LogP) is 3.70. The van der Waals surface area contributed by atoms with Gasteiger partial charge in [-0.2, -0.15) is 5.26 Å². The topological polar surface area (TPSA) is 48.7 Å². The van der Waals surface area contributed by atoms with E-state index in [1.54, 1.807) is 11.3 Å². The summed E-state index contributed by atoms with van der Waals surface area (Å²) in [4.78, 5) is 4.37. The molecule has 0 aliphatic heterocycles. The number of nitrogens with one attached hydrogen (secondary N) is 1. The summed E-state index contributed by atoms with van der Waals surface area (Å²) < 4.78 is 0.806. The number of halogens is 1. The van der Waals surface area contributed by atoms with Crippen LogP contribution in [0.5, 0.6) is 0 Å². The number of nitrogens with zero attached hydrogens (tertiary/aromatic N) is 2. The fraction of sp³-hybridized carbons (Fsp3) is 0.167. The molecule has 0 spiro atoms. The minimum absolute atomic E-state index is 0.626. The van der Waals surface area contributed by atoms with Gasteiger partial charge in [0.25, 0.3) is 0 Å². The second kappa shape index (κ2) is 5.30. The Morgan fingerprint density at radius 1 is 1.53 bits per heavy atom. The van der Waals surface area contributed by atoms with Gasteiger partial charge >= 0.3 is 0 Å². The highest BCUT2D eigenvalue weighted by Crippen LogP contribution is 2.24. The summed E-state index contributed by atoms with van der Waals surface area (Å²) in [7, 11) is 0. The van der Waals surface area contributed by atoms with Crippen molar-refractivity contribution < 1.29 is 0 Å². The van der Waals surface area contributed by atoms with Gasteiger partial charge in [0.05, 0.1) is 17.8 Å². The largest absolute Gasteiger partial charge is 0.377 e. The Hall–Kier alpha value is -1.38. The number of thiazole rings is 1. The van der Waals surface area contributed by atoms with E-state index in [1.807, 2.05) is 30.5 Å². The van der Waals surface area contributed by atoms with Crippen LogP contribution in [0.3, 0.4) is 0 Å². The average Bonchev–Trinajstić information content (AvgIpc) is 2.72. The number of nitriles is 1. The first kappa shape index (κ1) is 12.1. The maximum Gasteiger partial charge on any atom is 0.112 e. The quantitative estimate of drug-likeness (QED) is 0.940. The molecule has 1 aromatic heterocycles. The van der Waals surface area contributed by atoms with E-state index < -0.39 is 0 Å². The second-order valence-electron chi connectivity index (χ2n) is 3.51. The van der Waals surface area contributed by atoms with E-state index in [0.29, 0.717) is 12.1 Å². The predicted molar refractivity (Wildman–Crippen MR) is 73.0 cm³/mol. The summed E-state index contributed by atoms with van der Waals surface area (Å²) in [6, 6.07) is 7.83. The van der Waals surface area contributed by atoms with Gasteiger partial charge in [0.2, 0.25) is 0 Å². The van der Waals surface area contributed by atoms with Crippen molar-refractivity contribution in [2.45, 2.75) is 13.5 Å². The maximum atomic E-state index is 9.07. The van der Waals surface area contributed by atoms with Gasteiger partial charge in [-0.3, -0.25) is 0 Å². The van der Waals surface area contributed by atoms with Crippen LogP contribution in [-0.4, -0.2) is 4.98 Å². The lowest BCUT2D eigenvalue weighted by atomic mass is 10.2. The maximum absolute atomic E-state index is 9.07. The van der Waals surface area contributed by atoms with Gasteiger partial charge in [0.1, 0.15) is 11.1 Å². The van der Waals surface area contributed by atoms with Gasteiger partial charge in [0.15, 0.2) is 0 Å². The number of aryl methyl sites for hydroxylation is 1. The zero-order chi connectivity index (χ0) is 12.3. The molecule has 0 amide bonds. The molecule has 0 atom stereocenters. The number of benzene rings is 1. The molecule has 0 bridgehead atoms. The Balaban J connectivity index is 2.14. The fourth-order valence-corrected chi connectivity index (χ4v) is 2.61. The Kier molecular flexibility index (Phi) is 3.77. The van der Waals surface area contributed by atoms with E-state index in [0.717, 1.165) is 20.9 Å². The van der Waals surface area contributed by atoms with Crippen LogP contribution in [0.1, 0.15) is 16.3 Å². The van der Waals surface area contributed by atoms with Gasteiger partial charge in [-0.15, -0.1) is 11.3 Å². The molecule has 1 aromatic carbocycles. The van der Waals surface area contributed by atoms with Crippen molar-refractivity contribution in [2.24, 2.45) is 0 Å². The lowest BCUT2D eigenvalue weighted by Crippen LogP contribution is -2.01. The van der Waals surface area contributed by atoms with Gasteiger partial charge < -0.3 is 5.32 Å². The monoisotopic (exact) mass is 307 g/mol. The van der Waals surface area contributed by atoms with E-state index in [9.17, 15) is 0 Å². The molecule has 0 radical (unpaired) electrons. The number of aromatic nitrogens is 1. The second-order valence-corrected chi connectivity index (χ2v) is 5.31. The number of hydrogen-bond acceptors (Lipinski definition) is 4. The van der Waals surface area contributed by atoms with Gasteiger partial charge in [0, 0.05) is 15.5 Å². The first-order chi connectivity index (χ1) is 8.20. The molecule has 0 fully saturated rings. The molecule has 0 saturated heterocycles. The van der Waals surface area contributed by atoms with E-state index in [-0.39, 0.29) is 0 Å². The highest BCUT2D eigenvalue weighted by molar-refractivity contribution is 9.10. The number of hydrogen-bond donors (Lipinski definition) is 1. The van der Waals surface area contributed by atoms with E-state index in [1.165, 1.54) is 0 Å². The number of anilines is 1. The first-order valence-electron chi connectivity index (χ1n) is 5.04. The fourth-order valence-electron chi connectivity index (χ4n) is 1.44. The highest BCUT2D eigenvalue weighted by Gasteiger charge is 2.06. The molecule has 0 unspecified atom stereocenters. The Morgan fingerprint density at radius 2 is 2.35 bits per heavy atom. The number of rotatable bonds is 3. The highest BCUT2D eigenvalue weighted by atomic mass is 79.9. The summed E-state index contributed by atoms with van der Waals surface area (Å²) in [6.45, 7) is 2.61. The van der Waals surface area contributed by atoms with Gasteiger partial charge in [-0.1, -0.05) is 6.07 Å². The molecule has 1 heterocycles.